The Labute approximate surface area is 121 Å². The summed E-state index contributed by atoms with van der Waals surface area (Å²) < 4.78 is 5.45. The fourth-order valence-corrected chi connectivity index (χ4v) is 3.68. The smallest absolute Gasteiger partial charge is 0.226 e. The average molecular weight is 277 g/mol. The van der Waals surface area contributed by atoms with E-state index in [1.807, 2.05) is 0 Å². The van der Waals surface area contributed by atoms with Gasteiger partial charge in [-0.05, 0) is 51.0 Å². The molecule has 1 N–H and O–H groups in total. The summed E-state index contributed by atoms with van der Waals surface area (Å²) in [6.45, 7) is 3.45. The van der Waals surface area contributed by atoms with E-state index in [4.69, 9.17) is 4.52 Å². The van der Waals surface area contributed by atoms with Crippen LogP contribution in [0.5, 0.6) is 0 Å². The van der Waals surface area contributed by atoms with Gasteiger partial charge in [-0.15, -0.1) is 0 Å². The van der Waals surface area contributed by atoms with E-state index in [2.05, 4.69) is 22.4 Å². The second-order valence-electron chi connectivity index (χ2n) is 6.52. The molecule has 3 rings (SSSR count). The van der Waals surface area contributed by atoms with Crippen molar-refractivity contribution in [2.45, 2.75) is 76.7 Å². The molecule has 0 bridgehead atoms. The fraction of sp³-hybridized carbons (Fsp3) is 0.875. The second kappa shape index (κ2) is 6.70. The molecule has 1 saturated carbocycles. The number of rotatable bonds is 5. The van der Waals surface area contributed by atoms with Crippen molar-refractivity contribution in [3.63, 3.8) is 0 Å². The Bertz CT molecular complexity index is 412. The topological polar surface area (TPSA) is 51.0 Å². The van der Waals surface area contributed by atoms with Gasteiger partial charge in [-0.1, -0.05) is 24.9 Å². The van der Waals surface area contributed by atoms with Crippen molar-refractivity contribution >= 4 is 0 Å². The maximum atomic E-state index is 5.45. The van der Waals surface area contributed by atoms with Gasteiger partial charge in [0.1, 0.15) is 0 Å². The normalized spacial score (nSPS) is 30.8. The molecular weight excluding hydrogens is 250 g/mol. The lowest BCUT2D eigenvalue weighted by Gasteiger charge is -2.22. The van der Waals surface area contributed by atoms with Gasteiger partial charge in [-0.25, -0.2) is 0 Å². The molecule has 0 spiro atoms. The van der Waals surface area contributed by atoms with E-state index in [1.54, 1.807) is 0 Å². The van der Waals surface area contributed by atoms with Crippen LogP contribution in [-0.2, 0) is 6.42 Å². The summed E-state index contributed by atoms with van der Waals surface area (Å²) in [7, 11) is 0. The van der Waals surface area contributed by atoms with Crippen molar-refractivity contribution in [2.24, 2.45) is 5.92 Å². The first-order chi connectivity index (χ1) is 9.85. The van der Waals surface area contributed by atoms with Gasteiger partial charge in [0.25, 0.3) is 0 Å². The Kier molecular flexibility index (Phi) is 4.71. The van der Waals surface area contributed by atoms with Crippen LogP contribution in [0.15, 0.2) is 4.52 Å². The Morgan fingerprint density at radius 3 is 2.95 bits per heavy atom. The van der Waals surface area contributed by atoms with Gasteiger partial charge in [-0.3, -0.25) is 0 Å². The standard InChI is InChI=1S/C16H27N3O/c1-2-12-6-7-13(11-12)16-18-15(20-19-16)9-8-14-5-3-4-10-17-14/h12-14,17H,2-11H2,1H3. The molecule has 0 amide bonds. The molecule has 1 aromatic heterocycles. The minimum atomic E-state index is 0.547. The van der Waals surface area contributed by atoms with Crippen molar-refractivity contribution < 1.29 is 4.52 Å². The number of aryl methyl sites for hydroxylation is 1. The zero-order valence-corrected chi connectivity index (χ0v) is 12.6. The third kappa shape index (κ3) is 3.40. The Morgan fingerprint density at radius 2 is 2.20 bits per heavy atom. The van der Waals surface area contributed by atoms with Crippen LogP contribution in [0.25, 0.3) is 0 Å². The molecule has 1 aliphatic heterocycles. The third-order valence-corrected chi connectivity index (χ3v) is 5.09. The van der Waals surface area contributed by atoms with Crippen LogP contribution < -0.4 is 5.32 Å². The first-order valence-electron chi connectivity index (χ1n) is 8.41. The summed E-state index contributed by atoms with van der Waals surface area (Å²) >= 11 is 0. The molecule has 0 aromatic carbocycles. The summed E-state index contributed by atoms with van der Waals surface area (Å²) in [4.78, 5) is 4.64. The summed E-state index contributed by atoms with van der Waals surface area (Å²) in [6, 6.07) is 0.648. The molecule has 4 nitrogen and oxygen atoms in total. The number of aromatic nitrogens is 2. The molecule has 1 aliphatic carbocycles. The Hall–Kier alpha value is -0.900. The van der Waals surface area contributed by atoms with Crippen LogP contribution >= 0.6 is 0 Å². The molecule has 3 unspecified atom stereocenters. The molecule has 2 aliphatic rings. The summed E-state index contributed by atoms with van der Waals surface area (Å²) in [5, 5.41) is 7.80. The summed E-state index contributed by atoms with van der Waals surface area (Å²) in [6.07, 6.45) is 11.1. The van der Waals surface area contributed by atoms with E-state index < -0.39 is 0 Å². The van der Waals surface area contributed by atoms with Gasteiger partial charge >= 0.3 is 0 Å². The van der Waals surface area contributed by atoms with Crippen molar-refractivity contribution in [3.05, 3.63) is 11.7 Å². The maximum Gasteiger partial charge on any atom is 0.226 e. The van der Waals surface area contributed by atoms with Gasteiger partial charge in [-0.2, -0.15) is 4.98 Å². The first-order valence-corrected chi connectivity index (χ1v) is 8.41. The predicted octanol–water partition coefficient (Wildman–Crippen LogP) is 3.44. The van der Waals surface area contributed by atoms with Gasteiger partial charge in [0.05, 0.1) is 0 Å². The van der Waals surface area contributed by atoms with Crippen molar-refractivity contribution in [1.29, 1.82) is 0 Å². The molecule has 20 heavy (non-hydrogen) atoms. The Balaban J connectivity index is 1.49. The highest BCUT2D eigenvalue weighted by Crippen LogP contribution is 2.38. The van der Waals surface area contributed by atoms with Crippen LogP contribution in [0, 0.1) is 5.92 Å². The van der Waals surface area contributed by atoms with E-state index in [-0.39, 0.29) is 0 Å². The van der Waals surface area contributed by atoms with Gasteiger partial charge in [0.15, 0.2) is 5.82 Å². The van der Waals surface area contributed by atoms with E-state index in [1.165, 1.54) is 51.5 Å². The van der Waals surface area contributed by atoms with E-state index in [0.29, 0.717) is 12.0 Å². The quantitative estimate of drug-likeness (QED) is 0.895. The van der Waals surface area contributed by atoms with E-state index in [0.717, 1.165) is 30.5 Å². The highest BCUT2D eigenvalue weighted by atomic mass is 16.5. The average Bonchev–Trinajstić information content (AvgIpc) is 3.15. The monoisotopic (exact) mass is 277 g/mol. The summed E-state index contributed by atoms with van der Waals surface area (Å²) in [5.41, 5.74) is 0. The van der Waals surface area contributed by atoms with Crippen LogP contribution in [0.4, 0.5) is 0 Å². The lowest BCUT2D eigenvalue weighted by Crippen LogP contribution is -2.34. The molecule has 1 saturated heterocycles. The van der Waals surface area contributed by atoms with Crippen molar-refractivity contribution in [3.8, 4) is 0 Å². The second-order valence-corrected chi connectivity index (χ2v) is 6.52. The number of hydrogen-bond acceptors (Lipinski definition) is 4. The Morgan fingerprint density at radius 1 is 1.25 bits per heavy atom. The SMILES string of the molecule is CCC1CCC(c2noc(CCC3CCCCN3)n2)C1. The maximum absolute atomic E-state index is 5.45. The van der Waals surface area contributed by atoms with Crippen molar-refractivity contribution in [1.82, 2.24) is 15.5 Å². The lowest BCUT2D eigenvalue weighted by molar-refractivity contribution is 0.339. The number of nitrogens with one attached hydrogen (secondary N) is 1. The van der Waals surface area contributed by atoms with Crippen LogP contribution in [-0.4, -0.2) is 22.7 Å². The highest BCUT2D eigenvalue weighted by Gasteiger charge is 2.28. The van der Waals surface area contributed by atoms with Gasteiger partial charge in [0, 0.05) is 18.4 Å². The lowest BCUT2D eigenvalue weighted by atomic mass is 10.0. The van der Waals surface area contributed by atoms with E-state index >= 15 is 0 Å². The summed E-state index contributed by atoms with van der Waals surface area (Å²) in [5.74, 6) is 3.22. The van der Waals surface area contributed by atoms with Crippen LogP contribution in [0.3, 0.4) is 0 Å². The van der Waals surface area contributed by atoms with Gasteiger partial charge in [0.2, 0.25) is 5.89 Å². The minimum Gasteiger partial charge on any atom is -0.339 e. The molecule has 2 heterocycles. The number of nitrogens with zero attached hydrogens (tertiary/aromatic N) is 2. The highest BCUT2D eigenvalue weighted by molar-refractivity contribution is 4.99. The zero-order valence-electron chi connectivity index (χ0n) is 12.6. The first kappa shape index (κ1) is 14.1. The molecule has 2 fully saturated rings. The number of hydrogen-bond donors (Lipinski definition) is 1. The molecule has 3 atom stereocenters. The predicted molar refractivity (Wildman–Crippen MR) is 78.6 cm³/mol. The molecular formula is C16H27N3O. The van der Waals surface area contributed by atoms with Crippen LogP contribution in [0.1, 0.15) is 75.9 Å². The minimum absolute atomic E-state index is 0.547. The third-order valence-electron chi connectivity index (χ3n) is 5.09. The largest absolute Gasteiger partial charge is 0.339 e. The molecule has 0 radical (unpaired) electrons. The molecule has 1 aromatic rings. The number of piperidine rings is 1. The van der Waals surface area contributed by atoms with Gasteiger partial charge < -0.3 is 9.84 Å². The molecule has 4 heteroatoms. The van der Waals surface area contributed by atoms with Crippen LogP contribution in [0.2, 0.25) is 0 Å². The molecule has 112 valence electrons. The van der Waals surface area contributed by atoms with Crippen molar-refractivity contribution in [2.75, 3.05) is 6.54 Å². The zero-order chi connectivity index (χ0) is 13.8. The van der Waals surface area contributed by atoms with E-state index in [9.17, 15) is 0 Å². The fourth-order valence-electron chi connectivity index (χ4n) is 3.68.